The van der Waals surface area contributed by atoms with Gasteiger partial charge in [0.25, 0.3) is 0 Å². The standard InChI is InChI=1S/C9H20O3/c1-5-12-6-8(10)9(11-4)7(2)3/h7-10H,5-6H2,1-4H3. The Bertz CT molecular complexity index is 104. The first-order valence-electron chi connectivity index (χ1n) is 4.42. The second-order valence-electron chi connectivity index (χ2n) is 3.17. The fraction of sp³-hybridized carbons (Fsp3) is 1.00. The molecule has 3 nitrogen and oxygen atoms in total. The van der Waals surface area contributed by atoms with Gasteiger partial charge in [-0.05, 0) is 12.8 Å². The molecule has 0 aliphatic rings. The lowest BCUT2D eigenvalue weighted by Gasteiger charge is -2.24. The Morgan fingerprint density at radius 3 is 2.25 bits per heavy atom. The molecule has 0 spiro atoms. The van der Waals surface area contributed by atoms with Crippen molar-refractivity contribution in [3.63, 3.8) is 0 Å². The average Bonchev–Trinajstić information content (AvgIpc) is 2.01. The van der Waals surface area contributed by atoms with E-state index in [1.54, 1.807) is 7.11 Å². The minimum atomic E-state index is -0.519. The summed E-state index contributed by atoms with van der Waals surface area (Å²) < 4.78 is 10.2. The first-order valence-corrected chi connectivity index (χ1v) is 4.42. The summed E-state index contributed by atoms with van der Waals surface area (Å²) in [5.41, 5.74) is 0. The number of aliphatic hydroxyl groups excluding tert-OH is 1. The number of methoxy groups -OCH3 is 1. The minimum Gasteiger partial charge on any atom is -0.388 e. The summed E-state index contributed by atoms with van der Waals surface area (Å²) in [6, 6.07) is 0. The van der Waals surface area contributed by atoms with Gasteiger partial charge in [-0.1, -0.05) is 13.8 Å². The fourth-order valence-corrected chi connectivity index (χ4v) is 1.21. The molecular formula is C9H20O3. The molecule has 0 radical (unpaired) electrons. The third-order valence-corrected chi connectivity index (χ3v) is 1.80. The van der Waals surface area contributed by atoms with Gasteiger partial charge in [-0.2, -0.15) is 0 Å². The zero-order chi connectivity index (χ0) is 9.56. The van der Waals surface area contributed by atoms with Crippen molar-refractivity contribution in [1.29, 1.82) is 0 Å². The fourth-order valence-electron chi connectivity index (χ4n) is 1.21. The van der Waals surface area contributed by atoms with E-state index in [9.17, 15) is 5.11 Å². The van der Waals surface area contributed by atoms with E-state index in [1.165, 1.54) is 0 Å². The van der Waals surface area contributed by atoms with Gasteiger partial charge in [-0.3, -0.25) is 0 Å². The van der Waals surface area contributed by atoms with Gasteiger partial charge in [0.15, 0.2) is 0 Å². The van der Waals surface area contributed by atoms with E-state index >= 15 is 0 Å². The van der Waals surface area contributed by atoms with Crippen LogP contribution in [-0.2, 0) is 9.47 Å². The van der Waals surface area contributed by atoms with Crippen LogP contribution in [0, 0.1) is 5.92 Å². The van der Waals surface area contributed by atoms with Crippen LogP contribution in [0.1, 0.15) is 20.8 Å². The number of rotatable bonds is 6. The molecule has 0 aromatic rings. The zero-order valence-electron chi connectivity index (χ0n) is 8.41. The van der Waals surface area contributed by atoms with E-state index in [2.05, 4.69) is 0 Å². The Labute approximate surface area is 74.7 Å². The van der Waals surface area contributed by atoms with Crippen LogP contribution in [0.4, 0.5) is 0 Å². The third-order valence-electron chi connectivity index (χ3n) is 1.80. The van der Waals surface area contributed by atoms with E-state index in [0.29, 0.717) is 19.1 Å². The molecule has 0 saturated heterocycles. The zero-order valence-corrected chi connectivity index (χ0v) is 8.41. The monoisotopic (exact) mass is 176 g/mol. The maximum Gasteiger partial charge on any atom is 0.104 e. The van der Waals surface area contributed by atoms with Gasteiger partial charge in [0.1, 0.15) is 6.10 Å². The van der Waals surface area contributed by atoms with Crippen molar-refractivity contribution in [2.45, 2.75) is 33.0 Å². The van der Waals surface area contributed by atoms with Crippen molar-refractivity contribution < 1.29 is 14.6 Å². The quantitative estimate of drug-likeness (QED) is 0.657. The Morgan fingerprint density at radius 1 is 1.33 bits per heavy atom. The highest BCUT2D eigenvalue weighted by molar-refractivity contribution is 4.71. The van der Waals surface area contributed by atoms with Gasteiger partial charge in [0.2, 0.25) is 0 Å². The minimum absolute atomic E-state index is 0.128. The summed E-state index contributed by atoms with van der Waals surface area (Å²) in [7, 11) is 1.61. The molecule has 2 unspecified atom stereocenters. The molecule has 1 N–H and O–H groups in total. The predicted octanol–water partition coefficient (Wildman–Crippen LogP) is 1.05. The van der Waals surface area contributed by atoms with Crippen LogP contribution < -0.4 is 0 Å². The summed E-state index contributed by atoms with van der Waals surface area (Å²) in [6.07, 6.45) is -0.647. The van der Waals surface area contributed by atoms with Crippen molar-refractivity contribution in [3.8, 4) is 0 Å². The molecule has 0 bridgehead atoms. The molecule has 74 valence electrons. The molecule has 0 aliphatic carbocycles. The molecule has 0 aliphatic heterocycles. The topological polar surface area (TPSA) is 38.7 Å². The Balaban J connectivity index is 3.77. The van der Waals surface area contributed by atoms with Gasteiger partial charge in [0, 0.05) is 13.7 Å². The molecule has 0 saturated carbocycles. The lowest BCUT2D eigenvalue weighted by molar-refractivity contribution is -0.0722. The van der Waals surface area contributed by atoms with Gasteiger partial charge < -0.3 is 14.6 Å². The van der Waals surface area contributed by atoms with Gasteiger partial charge in [-0.15, -0.1) is 0 Å². The molecule has 0 fully saturated rings. The highest BCUT2D eigenvalue weighted by Gasteiger charge is 2.21. The largest absolute Gasteiger partial charge is 0.388 e. The summed E-state index contributed by atoms with van der Waals surface area (Å²) >= 11 is 0. The van der Waals surface area contributed by atoms with Crippen LogP contribution in [0.15, 0.2) is 0 Å². The molecule has 0 aromatic heterocycles. The number of hydrogen-bond donors (Lipinski definition) is 1. The summed E-state index contributed by atoms with van der Waals surface area (Å²) in [5.74, 6) is 0.311. The molecule has 0 rings (SSSR count). The molecule has 0 amide bonds. The van der Waals surface area contributed by atoms with Crippen molar-refractivity contribution in [2.24, 2.45) is 5.92 Å². The summed E-state index contributed by atoms with van der Waals surface area (Å²) in [6.45, 7) is 6.93. The molecule has 2 atom stereocenters. The third kappa shape index (κ3) is 4.04. The first-order chi connectivity index (χ1) is 5.63. The predicted molar refractivity (Wildman–Crippen MR) is 48.1 cm³/mol. The Hall–Kier alpha value is -0.120. The van der Waals surface area contributed by atoms with Crippen LogP contribution >= 0.6 is 0 Å². The number of hydrogen-bond acceptors (Lipinski definition) is 3. The van der Waals surface area contributed by atoms with E-state index < -0.39 is 6.10 Å². The number of aliphatic hydroxyl groups is 1. The van der Waals surface area contributed by atoms with Gasteiger partial charge in [0.05, 0.1) is 12.7 Å². The lowest BCUT2D eigenvalue weighted by atomic mass is 10.0. The van der Waals surface area contributed by atoms with E-state index in [4.69, 9.17) is 9.47 Å². The van der Waals surface area contributed by atoms with Gasteiger partial charge in [-0.25, -0.2) is 0 Å². The highest BCUT2D eigenvalue weighted by atomic mass is 16.5. The van der Waals surface area contributed by atoms with Crippen LogP contribution in [0.25, 0.3) is 0 Å². The van der Waals surface area contributed by atoms with Crippen LogP contribution in [0.5, 0.6) is 0 Å². The van der Waals surface area contributed by atoms with Crippen LogP contribution in [0.2, 0.25) is 0 Å². The van der Waals surface area contributed by atoms with Crippen LogP contribution in [0.3, 0.4) is 0 Å². The van der Waals surface area contributed by atoms with Gasteiger partial charge >= 0.3 is 0 Å². The maximum absolute atomic E-state index is 9.56. The lowest BCUT2D eigenvalue weighted by Crippen LogP contribution is -2.36. The second-order valence-corrected chi connectivity index (χ2v) is 3.17. The van der Waals surface area contributed by atoms with E-state index in [-0.39, 0.29) is 6.10 Å². The van der Waals surface area contributed by atoms with Crippen molar-refractivity contribution >= 4 is 0 Å². The molecule has 3 heteroatoms. The van der Waals surface area contributed by atoms with E-state index in [1.807, 2.05) is 20.8 Å². The second kappa shape index (κ2) is 6.40. The average molecular weight is 176 g/mol. The molecular weight excluding hydrogens is 156 g/mol. The van der Waals surface area contributed by atoms with Crippen molar-refractivity contribution in [2.75, 3.05) is 20.3 Å². The maximum atomic E-state index is 9.56. The Morgan fingerprint density at radius 2 is 1.92 bits per heavy atom. The van der Waals surface area contributed by atoms with Crippen LogP contribution in [-0.4, -0.2) is 37.6 Å². The van der Waals surface area contributed by atoms with Crippen molar-refractivity contribution in [3.05, 3.63) is 0 Å². The first kappa shape index (κ1) is 11.9. The summed E-state index contributed by atoms with van der Waals surface area (Å²) in [4.78, 5) is 0. The Kier molecular flexibility index (Phi) is 6.34. The summed E-state index contributed by atoms with van der Waals surface area (Å²) in [5, 5.41) is 9.56. The molecule has 0 heterocycles. The number of ether oxygens (including phenoxy) is 2. The molecule has 0 aromatic carbocycles. The highest BCUT2D eigenvalue weighted by Crippen LogP contribution is 2.10. The van der Waals surface area contributed by atoms with Crippen molar-refractivity contribution in [1.82, 2.24) is 0 Å². The van der Waals surface area contributed by atoms with E-state index in [0.717, 1.165) is 0 Å². The smallest absolute Gasteiger partial charge is 0.104 e. The molecule has 12 heavy (non-hydrogen) atoms. The SMILES string of the molecule is CCOCC(O)C(OC)C(C)C. The normalized spacial score (nSPS) is 16.5.